The molecule has 1 atom stereocenters. The molecule has 1 amide bonds. The highest BCUT2D eigenvalue weighted by atomic mass is 32.1. The Bertz CT molecular complexity index is 1050. The predicted octanol–water partition coefficient (Wildman–Crippen LogP) is 2.41. The van der Waals surface area contributed by atoms with Crippen LogP contribution in [0.25, 0.3) is 0 Å². The van der Waals surface area contributed by atoms with E-state index in [9.17, 15) is 14.4 Å². The Morgan fingerprint density at radius 1 is 1.16 bits per heavy atom. The molecule has 1 unspecified atom stereocenters. The number of likely N-dealkylation sites (tertiary alicyclic amines) is 1. The van der Waals surface area contributed by atoms with E-state index in [1.807, 2.05) is 31.2 Å². The average Bonchev–Trinajstić information content (AvgIpc) is 3.49. The van der Waals surface area contributed by atoms with Crippen LogP contribution in [-0.4, -0.2) is 59.7 Å². The summed E-state index contributed by atoms with van der Waals surface area (Å²) < 4.78 is 10.2. The lowest BCUT2D eigenvalue weighted by Crippen LogP contribution is -2.55. The van der Waals surface area contributed by atoms with E-state index in [2.05, 4.69) is 15.3 Å². The van der Waals surface area contributed by atoms with Gasteiger partial charge in [0.2, 0.25) is 0 Å². The molecule has 9 heteroatoms. The summed E-state index contributed by atoms with van der Waals surface area (Å²) in [6.07, 6.45) is 2.66. The van der Waals surface area contributed by atoms with Gasteiger partial charge in [0.05, 0.1) is 5.01 Å². The van der Waals surface area contributed by atoms with E-state index >= 15 is 0 Å². The van der Waals surface area contributed by atoms with Crippen molar-refractivity contribution in [3.63, 3.8) is 0 Å². The summed E-state index contributed by atoms with van der Waals surface area (Å²) in [6.45, 7) is 5.43. The molecule has 1 spiro atoms. The van der Waals surface area contributed by atoms with E-state index in [-0.39, 0.29) is 6.42 Å². The molecule has 0 aliphatic carbocycles. The van der Waals surface area contributed by atoms with Crippen molar-refractivity contribution in [2.24, 2.45) is 0 Å². The first-order valence-corrected chi connectivity index (χ1v) is 11.8. The number of benzene rings is 1. The fourth-order valence-corrected chi connectivity index (χ4v) is 5.69. The molecule has 1 aromatic carbocycles. The van der Waals surface area contributed by atoms with Crippen molar-refractivity contribution >= 4 is 34.9 Å². The SMILES string of the molecule is Cc1csc(C2CCN(CCc3ccccc3N3CCCC4(OC(=O)C(=O)O4)C3=O)C2)n1. The van der Waals surface area contributed by atoms with Crippen molar-refractivity contribution in [1.29, 1.82) is 0 Å². The monoisotopic (exact) mass is 455 g/mol. The van der Waals surface area contributed by atoms with Crippen molar-refractivity contribution in [3.8, 4) is 0 Å². The summed E-state index contributed by atoms with van der Waals surface area (Å²) >= 11 is 1.74. The van der Waals surface area contributed by atoms with E-state index in [1.165, 1.54) is 5.01 Å². The van der Waals surface area contributed by atoms with Crippen LogP contribution in [-0.2, 0) is 30.3 Å². The first-order chi connectivity index (χ1) is 15.4. The second kappa shape index (κ2) is 8.29. The summed E-state index contributed by atoms with van der Waals surface area (Å²) in [5.41, 5.74) is 2.91. The van der Waals surface area contributed by atoms with Crippen LogP contribution in [0.3, 0.4) is 0 Å². The summed E-state index contributed by atoms with van der Waals surface area (Å²) in [4.78, 5) is 45.1. The third-order valence-corrected chi connectivity index (χ3v) is 7.50. The molecule has 0 bridgehead atoms. The number of hydrogen-bond donors (Lipinski definition) is 0. The number of nitrogens with zero attached hydrogens (tertiary/aromatic N) is 3. The number of carbonyl (C=O) groups is 3. The Kier molecular flexibility index (Phi) is 5.46. The molecular weight excluding hydrogens is 430 g/mol. The van der Waals surface area contributed by atoms with Crippen molar-refractivity contribution in [2.75, 3.05) is 31.1 Å². The van der Waals surface area contributed by atoms with Gasteiger partial charge in [0, 0.05) is 48.7 Å². The number of thiazole rings is 1. The largest absolute Gasteiger partial charge is 0.421 e. The van der Waals surface area contributed by atoms with Gasteiger partial charge in [-0.05, 0) is 44.4 Å². The van der Waals surface area contributed by atoms with Crippen molar-refractivity contribution in [2.45, 2.75) is 44.3 Å². The van der Waals surface area contributed by atoms with Gasteiger partial charge in [0.1, 0.15) is 0 Å². The van der Waals surface area contributed by atoms with Crippen molar-refractivity contribution in [1.82, 2.24) is 9.88 Å². The highest BCUT2D eigenvalue weighted by molar-refractivity contribution is 7.09. The molecule has 3 fully saturated rings. The molecule has 0 radical (unpaired) electrons. The predicted molar refractivity (Wildman–Crippen MR) is 117 cm³/mol. The Balaban J connectivity index is 1.28. The van der Waals surface area contributed by atoms with Crippen LogP contribution in [0.1, 0.15) is 41.4 Å². The number of esters is 2. The van der Waals surface area contributed by atoms with Crippen molar-refractivity contribution < 1.29 is 23.9 Å². The number of aromatic nitrogens is 1. The maximum atomic E-state index is 13.2. The highest BCUT2D eigenvalue weighted by Gasteiger charge is 2.58. The summed E-state index contributed by atoms with van der Waals surface area (Å²) in [5, 5.41) is 3.32. The maximum Gasteiger partial charge on any atom is 0.421 e. The Hall–Kier alpha value is -2.78. The van der Waals surface area contributed by atoms with E-state index in [4.69, 9.17) is 9.47 Å². The number of aryl methyl sites for hydroxylation is 1. The molecule has 2 aromatic rings. The number of piperidine rings is 1. The minimum absolute atomic E-state index is 0.188. The molecule has 168 valence electrons. The van der Waals surface area contributed by atoms with Gasteiger partial charge in [-0.25, -0.2) is 14.6 Å². The molecule has 5 rings (SSSR count). The lowest BCUT2D eigenvalue weighted by Gasteiger charge is -2.36. The summed E-state index contributed by atoms with van der Waals surface area (Å²) in [6, 6.07) is 7.77. The van der Waals surface area contributed by atoms with Crippen LogP contribution in [0.15, 0.2) is 29.6 Å². The fraction of sp³-hybridized carbons (Fsp3) is 0.478. The third kappa shape index (κ3) is 3.80. The molecule has 3 saturated heterocycles. The van der Waals surface area contributed by atoms with Crippen LogP contribution >= 0.6 is 11.3 Å². The summed E-state index contributed by atoms with van der Waals surface area (Å²) in [5.74, 6) is -4.02. The lowest BCUT2D eigenvalue weighted by molar-refractivity contribution is -0.192. The van der Waals surface area contributed by atoms with Crippen LogP contribution in [0.5, 0.6) is 0 Å². The van der Waals surface area contributed by atoms with E-state index < -0.39 is 23.6 Å². The normalized spacial score (nSPS) is 23.1. The van der Waals surface area contributed by atoms with Crippen LogP contribution in [0, 0.1) is 6.92 Å². The van der Waals surface area contributed by atoms with E-state index in [0.29, 0.717) is 18.9 Å². The third-order valence-electron chi connectivity index (χ3n) is 6.38. The van der Waals surface area contributed by atoms with E-state index in [1.54, 1.807) is 16.2 Å². The fourth-order valence-electron chi connectivity index (χ4n) is 4.77. The zero-order chi connectivity index (χ0) is 22.3. The quantitative estimate of drug-likeness (QED) is 0.505. The average molecular weight is 456 g/mol. The van der Waals surface area contributed by atoms with Gasteiger partial charge >= 0.3 is 23.6 Å². The van der Waals surface area contributed by atoms with Gasteiger partial charge in [-0.15, -0.1) is 11.3 Å². The number of rotatable bonds is 5. The maximum absolute atomic E-state index is 13.2. The first-order valence-electron chi connectivity index (χ1n) is 11.0. The van der Waals surface area contributed by atoms with Crippen LogP contribution in [0.2, 0.25) is 0 Å². The standard InChI is InChI=1S/C23H25N3O5S/c1-15-14-32-19(24-15)17-8-12-25(13-17)11-7-16-5-2-3-6-18(16)26-10-4-9-23(22(26)29)30-20(27)21(28)31-23/h2-3,5-6,14,17H,4,7-13H2,1H3. The van der Waals surface area contributed by atoms with Gasteiger partial charge in [-0.3, -0.25) is 4.79 Å². The second-order valence-corrected chi connectivity index (χ2v) is 9.47. The molecule has 0 saturated carbocycles. The van der Waals surface area contributed by atoms with Gasteiger partial charge in [0.15, 0.2) is 0 Å². The van der Waals surface area contributed by atoms with Gasteiger partial charge < -0.3 is 19.3 Å². The number of amides is 1. The molecule has 4 heterocycles. The minimum atomic E-state index is -1.81. The number of ether oxygens (including phenoxy) is 2. The summed E-state index contributed by atoms with van der Waals surface area (Å²) in [7, 11) is 0. The zero-order valence-electron chi connectivity index (χ0n) is 17.9. The number of hydrogen-bond acceptors (Lipinski definition) is 8. The number of para-hydroxylation sites is 1. The lowest BCUT2D eigenvalue weighted by atomic mass is 10.00. The van der Waals surface area contributed by atoms with Crippen LogP contribution < -0.4 is 4.90 Å². The number of anilines is 1. The molecule has 0 N–H and O–H groups in total. The smallest absolute Gasteiger partial charge is 0.405 e. The highest BCUT2D eigenvalue weighted by Crippen LogP contribution is 2.36. The Labute approximate surface area is 190 Å². The second-order valence-electron chi connectivity index (χ2n) is 8.58. The Morgan fingerprint density at radius 3 is 2.69 bits per heavy atom. The topological polar surface area (TPSA) is 89.0 Å². The van der Waals surface area contributed by atoms with Gasteiger partial charge in [-0.1, -0.05) is 18.2 Å². The van der Waals surface area contributed by atoms with Gasteiger partial charge in [0.25, 0.3) is 0 Å². The molecule has 3 aliphatic rings. The van der Waals surface area contributed by atoms with Crippen LogP contribution in [0.4, 0.5) is 5.69 Å². The molecule has 8 nitrogen and oxygen atoms in total. The zero-order valence-corrected chi connectivity index (χ0v) is 18.7. The molecule has 1 aromatic heterocycles. The Morgan fingerprint density at radius 2 is 1.94 bits per heavy atom. The first kappa shape index (κ1) is 21.1. The van der Waals surface area contributed by atoms with E-state index in [0.717, 1.165) is 49.4 Å². The molecular formula is C23H25N3O5S. The molecule has 32 heavy (non-hydrogen) atoms. The minimum Gasteiger partial charge on any atom is -0.405 e. The van der Waals surface area contributed by atoms with Gasteiger partial charge in [-0.2, -0.15) is 0 Å². The number of carbonyl (C=O) groups excluding carboxylic acids is 3. The molecule has 3 aliphatic heterocycles. The van der Waals surface area contributed by atoms with Crippen molar-refractivity contribution in [3.05, 3.63) is 45.9 Å².